The summed E-state index contributed by atoms with van der Waals surface area (Å²) in [5.41, 5.74) is -0.396. The molecule has 1 saturated heterocycles. The van der Waals surface area contributed by atoms with Gasteiger partial charge in [0.25, 0.3) is 0 Å². The van der Waals surface area contributed by atoms with E-state index in [9.17, 15) is 4.79 Å². The molecule has 1 aliphatic rings. The maximum atomic E-state index is 11.7. The Kier molecular flexibility index (Phi) is 5.45. The van der Waals surface area contributed by atoms with E-state index in [1.54, 1.807) is 4.90 Å². The number of hydrogen-bond acceptors (Lipinski definition) is 3. The SMILES string of the molecule is CC(C)CCCNC1CN(C(=O)OC(C)(C)C)C1. The minimum Gasteiger partial charge on any atom is -0.444 e. The van der Waals surface area contributed by atoms with E-state index >= 15 is 0 Å². The molecule has 0 aromatic heterocycles. The van der Waals surface area contributed by atoms with Crippen LogP contribution in [0.2, 0.25) is 0 Å². The van der Waals surface area contributed by atoms with Gasteiger partial charge in [-0.3, -0.25) is 0 Å². The predicted octanol–water partition coefficient (Wildman–Crippen LogP) is 2.63. The third-order valence-corrected chi connectivity index (χ3v) is 2.92. The van der Waals surface area contributed by atoms with Crippen LogP contribution in [-0.4, -0.2) is 42.3 Å². The lowest BCUT2D eigenvalue weighted by Crippen LogP contribution is -2.60. The van der Waals surface area contributed by atoms with Crippen LogP contribution < -0.4 is 5.32 Å². The summed E-state index contributed by atoms with van der Waals surface area (Å²) in [7, 11) is 0. The summed E-state index contributed by atoms with van der Waals surface area (Å²) in [6, 6.07) is 0.449. The molecule has 106 valence electrons. The molecule has 1 aliphatic heterocycles. The highest BCUT2D eigenvalue weighted by Gasteiger charge is 2.32. The van der Waals surface area contributed by atoms with E-state index in [-0.39, 0.29) is 6.09 Å². The Bertz CT molecular complexity index is 265. The first kappa shape index (κ1) is 15.3. The fourth-order valence-electron chi connectivity index (χ4n) is 1.90. The molecule has 0 spiro atoms. The third kappa shape index (κ3) is 5.71. The second kappa shape index (κ2) is 6.41. The molecular formula is C14H28N2O2. The Morgan fingerprint density at radius 1 is 1.39 bits per heavy atom. The molecule has 1 fully saturated rings. The summed E-state index contributed by atoms with van der Waals surface area (Å²) >= 11 is 0. The summed E-state index contributed by atoms with van der Waals surface area (Å²) in [6.07, 6.45) is 2.28. The largest absolute Gasteiger partial charge is 0.444 e. The quantitative estimate of drug-likeness (QED) is 0.769. The number of ether oxygens (including phenoxy) is 1. The number of likely N-dealkylation sites (tertiary alicyclic amines) is 1. The van der Waals surface area contributed by atoms with E-state index in [2.05, 4.69) is 19.2 Å². The predicted molar refractivity (Wildman–Crippen MR) is 73.7 cm³/mol. The summed E-state index contributed by atoms with van der Waals surface area (Å²) in [4.78, 5) is 13.4. The topological polar surface area (TPSA) is 41.6 Å². The van der Waals surface area contributed by atoms with Gasteiger partial charge in [-0.15, -0.1) is 0 Å². The average molecular weight is 256 g/mol. The van der Waals surface area contributed by atoms with Gasteiger partial charge in [0.1, 0.15) is 5.60 Å². The first-order chi connectivity index (χ1) is 8.28. The van der Waals surface area contributed by atoms with Gasteiger partial charge in [0.2, 0.25) is 0 Å². The second-order valence-electron chi connectivity index (χ2n) is 6.57. The molecule has 0 bridgehead atoms. The van der Waals surface area contributed by atoms with Gasteiger partial charge >= 0.3 is 6.09 Å². The lowest BCUT2D eigenvalue weighted by Gasteiger charge is -2.40. The highest BCUT2D eigenvalue weighted by molar-refractivity contribution is 5.69. The smallest absolute Gasteiger partial charge is 0.410 e. The van der Waals surface area contributed by atoms with E-state index < -0.39 is 5.60 Å². The number of rotatable bonds is 5. The molecule has 4 heteroatoms. The lowest BCUT2D eigenvalue weighted by atomic mass is 10.1. The van der Waals surface area contributed by atoms with Crippen molar-refractivity contribution in [3.63, 3.8) is 0 Å². The zero-order valence-corrected chi connectivity index (χ0v) is 12.5. The van der Waals surface area contributed by atoms with E-state index in [4.69, 9.17) is 4.74 Å². The van der Waals surface area contributed by atoms with Crippen LogP contribution in [0.3, 0.4) is 0 Å². The van der Waals surface area contributed by atoms with Gasteiger partial charge in [0.15, 0.2) is 0 Å². The van der Waals surface area contributed by atoms with Crippen LogP contribution in [0.1, 0.15) is 47.5 Å². The normalized spacial score (nSPS) is 16.9. The van der Waals surface area contributed by atoms with Gasteiger partial charge in [-0.25, -0.2) is 4.79 Å². The zero-order chi connectivity index (χ0) is 13.8. The first-order valence-electron chi connectivity index (χ1n) is 6.99. The van der Waals surface area contributed by atoms with Crippen LogP contribution in [0.15, 0.2) is 0 Å². The molecule has 1 amide bonds. The van der Waals surface area contributed by atoms with Crippen LogP contribution in [-0.2, 0) is 4.74 Å². The molecule has 1 heterocycles. The average Bonchev–Trinajstić information content (AvgIpc) is 2.10. The fraction of sp³-hybridized carbons (Fsp3) is 0.929. The first-order valence-corrected chi connectivity index (χ1v) is 6.99. The summed E-state index contributed by atoms with van der Waals surface area (Å²) in [5, 5.41) is 3.47. The Balaban J connectivity index is 2.07. The molecule has 0 aliphatic carbocycles. The Hall–Kier alpha value is -0.770. The van der Waals surface area contributed by atoms with E-state index in [1.807, 2.05) is 20.8 Å². The molecule has 4 nitrogen and oxygen atoms in total. The number of nitrogens with one attached hydrogen (secondary N) is 1. The fourth-order valence-corrected chi connectivity index (χ4v) is 1.90. The molecule has 0 aromatic carbocycles. The standard InChI is InChI=1S/C14H28N2O2/c1-11(2)7-6-8-15-12-9-16(10-12)13(17)18-14(3,4)5/h11-12,15H,6-10H2,1-5H3. The van der Waals surface area contributed by atoms with E-state index in [0.29, 0.717) is 6.04 Å². The van der Waals surface area contributed by atoms with Crippen LogP contribution in [0.25, 0.3) is 0 Å². The summed E-state index contributed by atoms with van der Waals surface area (Å²) < 4.78 is 5.31. The number of amides is 1. The van der Waals surface area contributed by atoms with Crippen LogP contribution in [0, 0.1) is 5.92 Å². The second-order valence-corrected chi connectivity index (χ2v) is 6.57. The molecule has 1 N–H and O–H groups in total. The van der Waals surface area contributed by atoms with Crippen molar-refractivity contribution in [2.45, 2.75) is 59.1 Å². The Labute approximate surface area is 111 Å². The molecular weight excluding hydrogens is 228 g/mol. The monoisotopic (exact) mass is 256 g/mol. The van der Waals surface area contributed by atoms with Gasteiger partial charge in [0.05, 0.1) is 0 Å². The van der Waals surface area contributed by atoms with Crippen LogP contribution in [0.5, 0.6) is 0 Å². The third-order valence-electron chi connectivity index (χ3n) is 2.92. The number of carbonyl (C=O) groups excluding carboxylic acids is 1. The Morgan fingerprint density at radius 3 is 2.50 bits per heavy atom. The number of carbonyl (C=O) groups is 1. The van der Waals surface area contributed by atoms with Crippen molar-refractivity contribution >= 4 is 6.09 Å². The van der Waals surface area contributed by atoms with Crippen molar-refractivity contribution in [1.82, 2.24) is 10.2 Å². The zero-order valence-electron chi connectivity index (χ0n) is 12.5. The molecule has 1 rings (SSSR count). The maximum absolute atomic E-state index is 11.7. The van der Waals surface area contributed by atoms with Crippen LogP contribution >= 0.6 is 0 Å². The summed E-state index contributed by atoms with van der Waals surface area (Å²) in [6.45, 7) is 12.8. The number of nitrogens with zero attached hydrogens (tertiary/aromatic N) is 1. The molecule has 0 radical (unpaired) electrons. The van der Waals surface area contributed by atoms with E-state index in [1.165, 1.54) is 12.8 Å². The van der Waals surface area contributed by atoms with Gasteiger partial charge in [0, 0.05) is 19.1 Å². The molecule has 0 aromatic rings. The van der Waals surface area contributed by atoms with Gasteiger partial charge < -0.3 is 15.0 Å². The van der Waals surface area contributed by atoms with Crippen molar-refractivity contribution < 1.29 is 9.53 Å². The van der Waals surface area contributed by atoms with Gasteiger partial charge in [-0.1, -0.05) is 13.8 Å². The van der Waals surface area contributed by atoms with Crippen molar-refractivity contribution in [3.05, 3.63) is 0 Å². The minimum absolute atomic E-state index is 0.192. The number of hydrogen-bond donors (Lipinski definition) is 1. The highest BCUT2D eigenvalue weighted by Crippen LogP contribution is 2.15. The van der Waals surface area contributed by atoms with Crippen molar-refractivity contribution in [2.75, 3.05) is 19.6 Å². The van der Waals surface area contributed by atoms with Crippen molar-refractivity contribution in [2.24, 2.45) is 5.92 Å². The maximum Gasteiger partial charge on any atom is 0.410 e. The molecule has 0 unspecified atom stereocenters. The minimum atomic E-state index is -0.396. The van der Waals surface area contributed by atoms with Gasteiger partial charge in [-0.05, 0) is 46.1 Å². The Morgan fingerprint density at radius 2 is 2.00 bits per heavy atom. The molecule has 18 heavy (non-hydrogen) atoms. The highest BCUT2D eigenvalue weighted by atomic mass is 16.6. The van der Waals surface area contributed by atoms with Crippen molar-refractivity contribution in [1.29, 1.82) is 0 Å². The molecule has 0 atom stereocenters. The summed E-state index contributed by atoms with van der Waals surface area (Å²) in [5.74, 6) is 0.770. The lowest BCUT2D eigenvalue weighted by molar-refractivity contribution is 0.00534. The molecule has 0 saturated carbocycles. The van der Waals surface area contributed by atoms with E-state index in [0.717, 1.165) is 25.6 Å². The van der Waals surface area contributed by atoms with Crippen LogP contribution in [0.4, 0.5) is 4.79 Å². The van der Waals surface area contributed by atoms with Gasteiger partial charge in [-0.2, -0.15) is 0 Å². The van der Waals surface area contributed by atoms with Crippen molar-refractivity contribution in [3.8, 4) is 0 Å².